The van der Waals surface area contributed by atoms with Gasteiger partial charge in [-0.05, 0) is 74.4 Å². The van der Waals surface area contributed by atoms with E-state index in [1.165, 1.54) is 0 Å². The van der Waals surface area contributed by atoms with Gasteiger partial charge >= 0.3 is 0 Å². The molecule has 2 aromatic heterocycles. The van der Waals surface area contributed by atoms with Crippen LogP contribution in [-0.4, -0.2) is 50.8 Å². The fourth-order valence-corrected chi connectivity index (χ4v) is 5.51. The summed E-state index contributed by atoms with van der Waals surface area (Å²) in [6.07, 6.45) is 3.31. The maximum absolute atomic E-state index is 13.7. The summed E-state index contributed by atoms with van der Waals surface area (Å²) in [6.45, 7) is 11.2. The molecular formula is C35H39N3O5. The van der Waals surface area contributed by atoms with E-state index in [4.69, 9.17) is 14.5 Å². The van der Waals surface area contributed by atoms with Gasteiger partial charge in [-0.1, -0.05) is 56.3 Å². The first-order valence-corrected chi connectivity index (χ1v) is 14.9. The lowest BCUT2D eigenvalue weighted by Gasteiger charge is -2.26. The molecule has 224 valence electrons. The molecule has 1 aliphatic rings. The fourth-order valence-electron chi connectivity index (χ4n) is 5.51. The maximum atomic E-state index is 13.7. The lowest BCUT2D eigenvalue weighted by atomic mass is 9.95. The number of fused-ring (bicyclic) bond motifs is 1. The zero-order valence-corrected chi connectivity index (χ0v) is 25.5. The van der Waals surface area contributed by atoms with Crippen molar-refractivity contribution in [3.05, 3.63) is 101 Å². The van der Waals surface area contributed by atoms with Crippen molar-refractivity contribution in [3.8, 4) is 11.5 Å². The van der Waals surface area contributed by atoms with Crippen molar-refractivity contribution in [1.82, 2.24) is 14.3 Å². The third kappa shape index (κ3) is 6.00. The monoisotopic (exact) mass is 581 g/mol. The number of carbonyl (C=O) groups is 2. The minimum absolute atomic E-state index is 0.0122. The molecule has 1 atom stereocenters. The molecule has 3 heterocycles. The van der Waals surface area contributed by atoms with E-state index in [1.807, 2.05) is 92.0 Å². The van der Waals surface area contributed by atoms with Crippen molar-refractivity contribution in [2.24, 2.45) is 5.92 Å². The summed E-state index contributed by atoms with van der Waals surface area (Å²) < 4.78 is 13.9. The van der Waals surface area contributed by atoms with Crippen molar-refractivity contribution < 1.29 is 24.2 Å². The van der Waals surface area contributed by atoms with Gasteiger partial charge in [0, 0.05) is 12.7 Å². The average molecular weight is 582 g/mol. The predicted molar refractivity (Wildman–Crippen MR) is 166 cm³/mol. The van der Waals surface area contributed by atoms with Gasteiger partial charge in [-0.2, -0.15) is 0 Å². The highest BCUT2D eigenvalue weighted by molar-refractivity contribution is 6.46. The van der Waals surface area contributed by atoms with Gasteiger partial charge in [0.15, 0.2) is 17.3 Å². The van der Waals surface area contributed by atoms with E-state index in [1.54, 1.807) is 4.90 Å². The van der Waals surface area contributed by atoms with Crippen LogP contribution < -0.4 is 9.47 Å². The minimum atomic E-state index is -0.835. The number of amides is 1. The number of benzene rings is 2. The van der Waals surface area contributed by atoms with E-state index >= 15 is 0 Å². The number of aliphatic hydroxyl groups excluding tert-OH is 1. The first-order chi connectivity index (χ1) is 20.7. The third-order valence-corrected chi connectivity index (χ3v) is 7.87. The Labute approximate surface area is 252 Å². The molecule has 1 fully saturated rings. The number of aromatic nitrogens is 2. The molecule has 0 spiro atoms. The molecule has 4 aromatic rings. The van der Waals surface area contributed by atoms with Gasteiger partial charge in [0.1, 0.15) is 11.3 Å². The van der Waals surface area contributed by atoms with Crippen LogP contribution in [0.15, 0.2) is 72.4 Å². The van der Waals surface area contributed by atoms with Crippen LogP contribution in [0.4, 0.5) is 0 Å². The lowest BCUT2D eigenvalue weighted by Crippen LogP contribution is -2.31. The Morgan fingerprint density at radius 3 is 2.47 bits per heavy atom. The molecule has 1 aliphatic heterocycles. The maximum Gasteiger partial charge on any atom is 0.295 e. The van der Waals surface area contributed by atoms with Crippen LogP contribution in [-0.2, 0) is 16.0 Å². The molecule has 8 heteroatoms. The molecule has 0 radical (unpaired) electrons. The molecule has 8 nitrogen and oxygen atoms in total. The number of pyridine rings is 1. The third-order valence-electron chi connectivity index (χ3n) is 7.87. The van der Waals surface area contributed by atoms with Crippen LogP contribution in [0.25, 0.3) is 11.4 Å². The first-order valence-electron chi connectivity index (χ1n) is 14.9. The number of hydrogen-bond acceptors (Lipinski definition) is 6. The van der Waals surface area contributed by atoms with E-state index in [2.05, 4.69) is 13.8 Å². The number of ether oxygens (including phenoxy) is 2. The van der Waals surface area contributed by atoms with Crippen LogP contribution in [0.3, 0.4) is 0 Å². The van der Waals surface area contributed by atoms with Crippen molar-refractivity contribution in [3.63, 3.8) is 0 Å². The summed E-state index contributed by atoms with van der Waals surface area (Å²) in [5.41, 5.74) is 4.26. The van der Waals surface area contributed by atoms with Crippen molar-refractivity contribution in [2.75, 3.05) is 19.8 Å². The van der Waals surface area contributed by atoms with Gasteiger partial charge in [0.25, 0.3) is 11.7 Å². The van der Waals surface area contributed by atoms with Crippen LogP contribution in [0, 0.1) is 19.8 Å². The normalized spacial score (nSPS) is 16.4. The Morgan fingerprint density at radius 2 is 1.77 bits per heavy atom. The number of aliphatic hydroxyl groups is 1. The molecule has 1 N–H and O–H groups in total. The second-order valence-electron chi connectivity index (χ2n) is 11.3. The number of carbonyl (C=O) groups excluding carboxylic acids is 2. The summed E-state index contributed by atoms with van der Waals surface area (Å²) in [7, 11) is 0. The van der Waals surface area contributed by atoms with Gasteiger partial charge < -0.3 is 23.9 Å². The number of Topliss-reactive ketones (excluding diaryl/α,β-unsaturated/α-hetero) is 1. The highest BCUT2D eigenvalue weighted by atomic mass is 16.5. The molecule has 0 bridgehead atoms. The van der Waals surface area contributed by atoms with Crippen LogP contribution in [0.1, 0.15) is 61.3 Å². The fraction of sp³-hybridized carbons (Fsp3) is 0.343. The largest absolute Gasteiger partial charge is 0.505 e. The van der Waals surface area contributed by atoms with E-state index in [0.29, 0.717) is 54.0 Å². The van der Waals surface area contributed by atoms with Crippen molar-refractivity contribution in [1.29, 1.82) is 0 Å². The second kappa shape index (κ2) is 12.7. The molecule has 1 unspecified atom stereocenters. The van der Waals surface area contributed by atoms with Gasteiger partial charge in [0.05, 0.1) is 30.5 Å². The number of hydrogen-bond donors (Lipinski definition) is 1. The number of likely N-dealkylation sites (tertiary alicyclic amines) is 1. The number of imidazole rings is 1. The summed E-state index contributed by atoms with van der Waals surface area (Å²) in [5.74, 6) is -0.0715. The Bertz CT molecular complexity index is 1670. The zero-order valence-electron chi connectivity index (χ0n) is 25.5. The topological polar surface area (TPSA) is 93.4 Å². The van der Waals surface area contributed by atoms with E-state index in [9.17, 15) is 14.7 Å². The summed E-state index contributed by atoms with van der Waals surface area (Å²) >= 11 is 0. The van der Waals surface area contributed by atoms with Gasteiger partial charge in [-0.25, -0.2) is 4.98 Å². The van der Waals surface area contributed by atoms with Crippen LogP contribution in [0.2, 0.25) is 0 Å². The molecule has 0 saturated carbocycles. The summed E-state index contributed by atoms with van der Waals surface area (Å²) in [5, 5.41) is 11.8. The van der Waals surface area contributed by atoms with E-state index in [-0.39, 0.29) is 23.6 Å². The second-order valence-corrected chi connectivity index (χ2v) is 11.3. The van der Waals surface area contributed by atoms with E-state index < -0.39 is 17.7 Å². The minimum Gasteiger partial charge on any atom is -0.505 e. The standard InChI is InChI=1S/C35H39N3O5/c1-6-42-28-21-26(14-15-27(28)43-20-17-22(2)3)31-29(32(39)30-24(5)37-18-10-11-23(4)34(37)36-30)33(40)35(41)38(31)19-16-25-12-8-7-9-13-25/h7-15,18,21-22,31,39H,6,16-17,19-20H2,1-5H3. The van der Waals surface area contributed by atoms with Crippen LogP contribution in [0.5, 0.6) is 11.5 Å². The smallest absolute Gasteiger partial charge is 0.295 e. The van der Waals surface area contributed by atoms with Crippen molar-refractivity contribution >= 4 is 23.1 Å². The summed E-state index contributed by atoms with van der Waals surface area (Å²) in [6, 6.07) is 18.3. The number of aryl methyl sites for hydroxylation is 2. The molecule has 1 amide bonds. The average Bonchev–Trinajstić information content (AvgIpc) is 3.46. The number of rotatable bonds is 11. The van der Waals surface area contributed by atoms with Gasteiger partial charge in [-0.15, -0.1) is 0 Å². The molecule has 1 saturated heterocycles. The van der Waals surface area contributed by atoms with E-state index in [0.717, 1.165) is 17.5 Å². The first kappa shape index (κ1) is 29.9. The molecule has 43 heavy (non-hydrogen) atoms. The Hall–Kier alpha value is -4.59. The molecule has 5 rings (SSSR count). The Morgan fingerprint density at radius 1 is 1.00 bits per heavy atom. The zero-order chi connectivity index (χ0) is 30.7. The van der Waals surface area contributed by atoms with Gasteiger partial charge in [-0.3, -0.25) is 9.59 Å². The lowest BCUT2D eigenvalue weighted by molar-refractivity contribution is -0.139. The SMILES string of the molecule is CCOc1cc(C2C(=C(O)c3nc4c(C)cccn4c3C)C(=O)C(=O)N2CCc2ccccc2)ccc1OCCC(C)C. The number of ketones is 1. The molecular weight excluding hydrogens is 542 g/mol. The Balaban J connectivity index is 1.62. The number of nitrogens with zero attached hydrogens (tertiary/aromatic N) is 3. The van der Waals surface area contributed by atoms with Crippen molar-refractivity contribution in [2.45, 2.75) is 53.5 Å². The highest BCUT2D eigenvalue weighted by Gasteiger charge is 2.46. The predicted octanol–water partition coefficient (Wildman–Crippen LogP) is 6.44. The molecule has 2 aromatic carbocycles. The van der Waals surface area contributed by atoms with Gasteiger partial charge in [0.2, 0.25) is 0 Å². The van der Waals surface area contributed by atoms with Crippen LogP contribution >= 0.6 is 0 Å². The Kier molecular flexibility index (Phi) is 8.85. The molecule has 0 aliphatic carbocycles. The summed E-state index contributed by atoms with van der Waals surface area (Å²) in [4.78, 5) is 33.5. The highest BCUT2D eigenvalue weighted by Crippen LogP contribution is 2.42. The quantitative estimate of drug-likeness (QED) is 0.125.